The lowest BCUT2D eigenvalue weighted by atomic mass is 10.0. The number of rotatable bonds is 13. The number of ether oxygens (including phenoxy) is 1. The van der Waals surface area contributed by atoms with Gasteiger partial charge in [0.05, 0.1) is 29.9 Å². The van der Waals surface area contributed by atoms with E-state index >= 15 is 0 Å². The van der Waals surface area contributed by atoms with Gasteiger partial charge in [0.15, 0.2) is 0 Å². The number of benzene rings is 2. The van der Waals surface area contributed by atoms with Crippen molar-refractivity contribution in [1.82, 2.24) is 4.90 Å². The van der Waals surface area contributed by atoms with Gasteiger partial charge in [0.2, 0.25) is 5.96 Å². The maximum absolute atomic E-state index is 14.8. The summed E-state index contributed by atoms with van der Waals surface area (Å²) in [6.07, 6.45) is 4.90. The summed E-state index contributed by atoms with van der Waals surface area (Å²) in [6, 6.07) is 7.18. The number of nitrogens with zero attached hydrogens (tertiary/aromatic N) is 4. The molecule has 10 heteroatoms. The van der Waals surface area contributed by atoms with Gasteiger partial charge in [-0.3, -0.25) is 9.79 Å². The van der Waals surface area contributed by atoms with Crippen LogP contribution in [0, 0.1) is 5.82 Å². The molecule has 9 nitrogen and oxygen atoms in total. The molecule has 0 unspecified atom stereocenters. The molecule has 2 rings (SSSR count). The highest BCUT2D eigenvalue weighted by molar-refractivity contribution is 6.16. The van der Waals surface area contributed by atoms with Crippen molar-refractivity contribution in [3.8, 4) is 5.75 Å². The normalized spacial score (nSPS) is 11.1. The smallest absolute Gasteiger partial charge is 0.222 e. The number of anilines is 4. The number of aliphatic imine (C=N–C) groups is 2. The summed E-state index contributed by atoms with van der Waals surface area (Å²) in [5.41, 5.74) is 4.70. The molecule has 2 aromatic carbocycles. The minimum Gasteiger partial charge on any atom is -0.494 e. The number of likely N-dealkylation sites (N-methyl/N-ethyl adjacent to an activating group) is 2. The zero-order valence-electron chi connectivity index (χ0n) is 25.3. The van der Waals surface area contributed by atoms with Crippen molar-refractivity contribution in [3.63, 3.8) is 0 Å². The molecule has 0 heterocycles. The van der Waals surface area contributed by atoms with Crippen molar-refractivity contribution >= 4 is 46.8 Å². The van der Waals surface area contributed by atoms with Crippen molar-refractivity contribution in [1.29, 1.82) is 0 Å². The fraction of sp³-hybridized carbons (Fsp3) is 0.323. The number of guanidine groups is 1. The predicted molar refractivity (Wildman–Crippen MR) is 175 cm³/mol. The first-order valence-electron chi connectivity index (χ1n) is 13.1. The van der Waals surface area contributed by atoms with E-state index in [4.69, 9.17) is 9.53 Å². The minimum absolute atomic E-state index is 0.321. The van der Waals surface area contributed by atoms with E-state index in [1.165, 1.54) is 18.2 Å². The Hall–Kier alpha value is -4.44. The molecular weight excluding hydrogens is 521 g/mol. The Morgan fingerprint density at radius 2 is 1.76 bits per heavy atom. The quantitative estimate of drug-likeness (QED) is 0.130. The fourth-order valence-electron chi connectivity index (χ4n) is 3.73. The van der Waals surface area contributed by atoms with Crippen LogP contribution in [0.25, 0.3) is 6.08 Å². The third-order valence-electron chi connectivity index (χ3n) is 5.85. The Bertz CT molecular complexity index is 1250. The summed E-state index contributed by atoms with van der Waals surface area (Å²) in [7, 11) is 11.3. The largest absolute Gasteiger partial charge is 0.494 e. The molecule has 0 fully saturated rings. The van der Waals surface area contributed by atoms with Crippen LogP contribution in [0.5, 0.6) is 5.75 Å². The first-order chi connectivity index (χ1) is 19.6. The molecule has 0 atom stereocenters. The highest BCUT2D eigenvalue weighted by atomic mass is 19.1. The molecular formula is C31H44FN7O2. The Kier molecular flexibility index (Phi) is 15.2. The lowest BCUT2D eigenvalue weighted by Crippen LogP contribution is -2.29. The second kappa shape index (κ2) is 18.0. The predicted octanol–water partition coefficient (Wildman–Crippen LogP) is 5.39. The van der Waals surface area contributed by atoms with Crippen molar-refractivity contribution in [2.24, 2.45) is 9.98 Å². The SMILES string of the molecule is C=C/C(=N\C(=NC)Nc1cc(NC)c(N(C)CCN(C)C)cc1OC)c1cc(F)c(C=C)c(NCC)c1.C=CC=O. The third kappa shape index (κ3) is 10.2. The standard InChI is InChI=1S/C28H40FN7O.C3H4O/c1-10-20-21(29)15-19(16-23(20)32-12-3)22(11-2)33-28(31-5)34-25-17-24(30-4)26(18-27(25)37-9)36(8)14-13-35(6)7;1-2-3-4/h10-11,15-18,30,32H,1-2,12-14H2,3-9H3,(H,31,34);2-3H,1H2/b33-22+;. The summed E-state index contributed by atoms with van der Waals surface area (Å²) in [5, 5.41) is 9.68. The fourth-order valence-corrected chi connectivity index (χ4v) is 3.73. The van der Waals surface area contributed by atoms with Crippen LogP contribution < -0.4 is 25.6 Å². The molecule has 222 valence electrons. The number of methoxy groups -OCH3 is 1. The first-order valence-corrected chi connectivity index (χ1v) is 13.1. The molecule has 0 radical (unpaired) electrons. The van der Waals surface area contributed by atoms with Gasteiger partial charge in [-0.15, -0.1) is 0 Å². The van der Waals surface area contributed by atoms with Crippen LogP contribution >= 0.6 is 0 Å². The van der Waals surface area contributed by atoms with Crippen LogP contribution in [0.3, 0.4) is 0 Å². The van der Waals surface area contributed by atoms with E-state index in [1.54, 1.807) is 20.2 Å². The van der Waals surface area contributed by atoms with Gasteiger partial charge < -0.3 is 30.5 Å². The molecule has 0 aliphatic heterocycles. The van der Waals surface area contributed by atoms with E-state index < -0.39 is 5.82 Å². The maximum Gasteiger partial charge on any atom is 0.222 e. The van der Waals surface area contributed by atoms with E-state index in [1.807, 2.05) is 53.3 Å². The number of aldehydes is 1. The van der Waals surface area contributed by atoms with Gasteiger partial charge in [0.25, 0.3) is 0 Å². The zero-order valence-corrected chi connectivity index (χ0v) is 25.3. The Morgan fingerprint density at radius 1 is 1.07 bits per heavy atom. The second-order valence-corrected chi connectivity index (χ2v) is 8.94. The van der Waals surface area contributed by atoms with E-state index in [9.17, 15) is 4.39 Å². The van der Waals surface area contributed by atoms with Crippen LogP contribution in [-0.2, 0) is 4.79 Å². The number of hydrogen-bond acceptors (Lipinski definition) is 7. The maximum atomic E-state index is 14.8. The molecule has 0 aliphatic carbocycles. The van der Waals surface area contributed by atoms with Gasteiger partial charge in [-0.2, -0.15) is 0 Å². The molecule has 0 saturated carbocycles. The van der Waals surface area contributed by atoms with E-state index in [0.717, 1.165) is 24.5 Å². The average Bonchev–Trinajstić information content (AvgIpc) is 2.97. The highest BCUT2D eigenvalue weighted by Gasteiger charge is 2.16. The summed E-state index contributed by atoms with van der Waals surface area (Å²) in [6.45, 7) is 15.1. The Balaban J connectivity index is 0.00000196. The topological polar surface area (TPSA) is 93.6 Å². The van der Waals surface area contributed by atoms with Gasteiger partial charge in [0.1, 0.15) is 17.9 Å². The lowest BCUT2D eigenvalue weighted by molar-refractivity contribution is -0.104. The van der Waals surface area contributed by atoms with Crippen molar-refractivity contribution in [2.45, 2.75) is 6.92 Å². The van der Waals surface area contributed by atoms with Crippen molar-refractivity contribution in [2.75, 3.05) is 82.8 Å². The molecule has 3 N–H and O–H groups in total. The molecule has 0 saturated heterocycles. The van der Waals surface area contributed by atoms with Crippen LogP contribution in [0.4, 0.5) is 27.1 Å². The average molecular weight is 566 g/mol. The third-order valence-corrected chi connectivity index (χ3v) is 5.85. The number of hydrogen-bond donors (Lipinski definition) is 3. The van der Waals surface area contributed by atoms with Crippen molar-refractivity contribution in [3.05, 3.63) is 73.1 Å². The Labute approximate surface area is 244 Å². The number of allylic oxidation sites excluding steroid dienone is 2. The number of nitrogens with one attached hydrogen (secondary N) is 3. The molecule has 0 bridgehead atoms. The number of carbonyl (C=O) groups is 1. The highest BCUT2D eigenvalue weighted by Crippen LogP contribution is 2.36. The molecule has 0 amide bonds. The van der Waals surface area contributed by atoms with Gasteiger partial charge >= 0.3 is 0 Å². The lowest BCUT2D eigenvalue weighted by Gasteiger charge is -2.25. The van der Waals surface area contributed by atoms with Crippen LogP contribution in [0.1, 0.15) is 18.1 Å². The number of carbonyl (C=O) groups excluding carboxylic acids is 1. The molecule has 41 heavy (non-hydrogen) atoms. The molecule has 2 aromatic rings. The van der Waals surface area contributed by atoms with E-state index in [-0.39, 0.29) is 0 Å². The van der Waals surface area contributed by atoms with E-state index in [2.05, 4.69) is 55.5 Å². The van der Waals surface area contributed by atoms with Gasteiger partial charge in [-0.05, 0) is 51.4 Å². The Morgan fingerprint density at radius 3 is 2.24 bits per heavy atom. The van der Waals surface area contributed by atoms with Gasteiger partial charge in [-0.25, -0.2) is 9.38 Å². The summed E-state index contributed by atoms with van der Waals surface area (Å²) in [4.78, 5) is 22.3. The first kappa shape index (κ1) is 34.6. The zero-order chi connectivity index (χ0) is 30.9. The van der Waals surface area contributed by atoms with Crippen LogP contribution in [0.2, 0.25) is 0 Å². The van der Waals surface area contributed by atoms with Gasteiger partial charge in [-0.1, -0.05) is 25.8 Å². The monoisotopic (exact) mass is 565 g/mol. The number of halogens is 1. The summed E-state index contributed by atoms with van der Waals surface area (Å²) < 4.78 is 20.5. The molecule has 0 spiro atoms. The van der Waals surface area contributed by atoms with Crippen LogP contribution in [0.15, 0.2) is 66.1 Å². The molecule has 0 aromatic heterocycles. The minimum atomic E-state index is -0.393. The summed E-state index contributed by atoms with van der Waals surface area (Å²) in [5.74, 6) is 0.565. The van der Waals surface area contributed by atoms with E-state index in [0.29, 0.717) is 52.8 Å². The van der Waals surface area contributed by atoms with Crippen LogP contribution in [-0.4, -0.2) is 84.8 Å². The second-order valence-electron chi connectivity index (χ2n) is 8.94. The molecule has 0 aliphatic rings. The van der Waals surface area contributed by atoms with Gasteiger partial charge in [0, 0.05) is 63.7 Å². The summed E-state index contributed by atoms with van der Waals surface area (Å²) >= 11 is 0. The van der Waals surface area contributed by atoms with Crippen molar-refractivity contribution < 1.29 is 13.9 Å².